The van der Waals surface area contributed by atoms with E-state index in [1.165, 1.54) is 33.0 Å². The van der Waals surface area contributed by atoms with Crippen molar-refractivity contribution in [2.75, 3.05) is 0 Å². The monoisotopic (exact) mass is 1030 g/mol. The van der Waals surface area contributed by atoms with Crippen LogP contribution in [-0.4, -0.2) is 24.5 Å². The fourth-order valence-electron chi connectivity index (χ4n) is 8.10. The molecule has 0 amide bonds. The zero-order chi connectivity index (χ0) is 41.3. The molecule has 0 saturated carbocycles. The zero-order valence-corrected chi connectivity index (χ0v) is 37.9. The van der Waals surface area contributed by atoms with Crippen molar-refractivity contribution in [3.05, 3.63) is 218 Å². The SMILES string of the molecule is Brc1ccc2c(c1)-c1ccccc1C2.Brc1ccc2c(c1)c1ccccc1n2-c1nc(-c2ccccc2)c2ccccc2n1.Ic1nc(-c2ccccc2)c2ccccc2n1. The first-order valence-electron chi connectivity index (χ1n) is 19.8. The predicted molar refractivity (Wildman–Crippen MR) is 267 cm³/mol. The fourth-order valence-corrected chi connectivity index (χ4v) is 9.32. The highest BCUT2D eigenvalue weighted by Crippen LogP contribution is 2.38. The molecule has 1 aliphatic carbocycles. The van der Waals surface area contributed by atoms with Gasteiger partial charge in [0.2, 0.25) is 5.95 Å². The lowest BCUT2D eigenvalue weighted by Gasteiger charge is -2.11. The van der Waals surface area contributed by atoms with Crippen LogP contribution in [0.1, 0.15) is 11.1 Å². The Morgan fingerprint density at radius 1 is 0.410 bits per heavy atom. The lowest BCUT2D eigenvalue weighted by Crippen LogP contribution is -2.03. The van der Waals surface area contributed by atoms with E-state index in [0.717, 1.165) is 74.6 Å². The van der Waals surface area contributed by atoms with E-state index in [1.54, 1.807) is 0 Å². The molecule has 0 unspecified atom stereocenters. The van der Waals surface area contributed by atoms with Crippen molar-refractivity contribution >= 4 is 98.1 Å². The summed E-state index contributed by atoms with van der Waals surface area (Å²) in [4.78, 5) is 19.0. The summed E-state index contributed by atoms with van der Waals surface area (Å²) >= 11 is 9.29. The van der Waals surface area contributed by atoms with Gasteiger partial charge in [-0.3, -0.25) is 4.57 Å². The van der Waals surface area contributed by atoms with Crippen LogP contribution in [0.2, 0.25) is 0 Å². The van der Waals surface area contributed by atoms with E-state index in [0.29, 0.717) is 5.95 Å². The maximum Gasteiger partial charge on any atom is 0.235 e. The van der Waals surface area contributed by atoms with Crippen LogP contribution in [0, 0.1) is 3.83 Å². The van der Waals surface area contributed by atoms with Gasteiger partial charge >= 0.3 is 0 Å². The molecule has 0 N–H and O–H groups in total. The number of aromatic nitrogens is 5. The Kier molecular flexibility index (Phi) is 11.0. The number of nitrogens with zero attached hydrogens (tertiary/aromatic N) is 5. The molecular weight excluding hydrogens is 993 g/mol. The maximum atomic E-state index is 5.08. The molecular formula is C53H34Br2IN5. The Bertz CT molecular complexity index is 3390. The maximum absolute atomic E-state index is 5.08. The molecule has 3 aromatic heterocycles. The number of benzene rings is 8. The van der Waals surface area contributed by atoms with E-state index < -0.39 is 0 Å². The first-order valence-corrected chi connectivity index (χ1v) is 22.5. The zero-order valence-electron chi connectivity index (χ0n) is 32.6. The van der Waals surface area contributed by atoms with Crippen LogP contribution in [-0.2, 0) is 6.42 Å². The minimum Gasteiger partial charge on any atom is -0.278 e. The summed E-state index contributed by atoms with van der Waals surface area (Å²) in [7, 11) is 0. The normalized spacial score (nSPS) is 11.5. The fraction of sp³-hybridized carbons (Fsp3) is 0.0189. The Labute approximate surface area is 383 Å². The number of hydrogen-bond acceptors (Lipinski definition) is 4. The second kappa shape index (κ2) is 17.1. The van der Waals surface area contributed by atoms with Gasteiger partial charge in [0.1, 0.15) is 0 Å². The third-order valence-corrected chi connectivity index (χ3v) is 12.3. The Morgan fingerprint density at radius 3 is 1.66 bits per heavy atom. The second-order valence-electron chi connectivity index (χ2n) is 14.6. The molecule has 0 saturated heterocycles. The Morgan fingerprint density at radius 2 is 0.934 bits per heavy atom. The summed E-state index contributed by atoms with van der Waals surface area (Å²) in [6.07, 6.45) is 1.08. The highest BCUT2D eigenvalue weighted by molar-refractivity contribution is 14.1. The predicted octanol–water partition coefficient (Wildman–Crippen LogP) is 15.1. The van der Waals surface area contributed by atoms with Crippen molar-refractivity contribution < 1.29 is 0 Å². The molecule has 8 heteroatoms. The summed E-state index contributed by atoms with van der Waals surface area (Å²) in [5.74, 6) is 0.682. The molecule has 0 aliphatic heterocycles. The Balaban J connectivity index is 0.000000121. The Hall–Kier alpha value is -6.07. The summed E-state index contributed by atoms with van der Waals surface area (Å²) < 4.78 is 5.16. The van der Waals surface area contributed by atoms with E-state index in [2.05, 4.69) is 196 Å². The van der Waals surface area contributed by atoms with E-state index in [9.17, 15) is 0 Å². The number of halogens is 3. The minimum atomic E-state index is 0.682. The average molecular weight is 1030 g/mol. The average Bonchev–Trinajstić information content (AvgIpc) is 3.84. The molecule has 11 aromatic rings. The van der Waals surface area contributed by atoms with E-state index in [4.69, 9.17) is 9.97 Å². The quantitative estimate of drug-likeness (QED) is 0.131. The highest BCUT2D eigenvalue weighted by atomic mass is 127. The van der Waals surface area contributed by atoms with Gasteiger partial charge < -0.3 is 0 Å². The van der Waals surface area contributed by atoms with Gasteiger partial charge in [-0.1, -0.05) is 177 Å². The van der Waals surface area contributed by atoms with Crippen molar-refractivity contribution in [1.29, 1.82) is 0 Å². The van der Waals surface area contributed by atoms with Gasteiger partial charge in [-0.2, -0.15) is 0 Å². The molecule has 8 aromatic carbocycles. The lowest BCUT2D eigenvalue weighted by atomic mass is 10.1. The van der Waals surface area contributed by atoms with Gasteiger partial charge in [0.05, 0.1) is 33.5 Å². The van der Waals surface area contributed by atoms with E-state index in [1.807, 2.05) is 66.7 Å². The number of fused-ring (bicyclic) bond motifs is 8. The third-order valence-electron chi connectivity index (χ3n) is 10.9. The van der Waals surface area contributed by atoms with E-state index >= 15 is 0 Å². The lowest BCUT2D eigenvalue weighted by molar-refractivity contribution is 1.01. The highest BCUT2D eigenvalue weighted by Gasteiger charge is 2.18. The van der Waals surface area contributed by atoms with Crippen LogP contribution in [0.3, 0.4) is 0 Å². The molecule has 12 rings (SSSR count). The van der Waals surface area contributed by atoms with Gasteiger partial charge in [-0.05, 0) is 77.2 Å². The van der Waals surface area contributed by atoms with Crippen LogP contribution in [0.25, 0.3) is 83.2 Å². The molecule has 1 aliphatic rings. The topological polar surface area (TPSA) is 56.5 Å². The van der Waals surface area contributed by atoms with Gasteiger partial charge in [0.25, 0.3) is 0 Å². The van der Waals surface area contributed by atoms with Crippen molar-refractivity contribution in [2.24, 2.45) is 0 Å². The second-order valence-corrected chi connectivity index (χ2v) is 17.4. The van der Waals surface area contributed by atoms with Crippen LogP contribution in [0.15, 0.2) is 203 Å². The van der Waals surface area contributed by atoms with Gasteiger partial charge in [0.15, 0.2) is 3.83 Å². The standard InChI is InChI=1S/C26H16BrN3.C14H9IN2.C13H9Br/c27-18-14-15-24-21(16-18)19-10-5-7-13-23(19)30(24)26-28-22-12-6-4-11-20(22)25(29-26)17-8-2-1-3-9-17;15-14-16-12-9-5-4-8-11(12)13(17-14)10-6-2-1-3-7-10;14-11-6-5-10-7-9-3-1-2-4-12(9)13(10)8-11/h1-16H;1-9H;1-6,8H,7H2. The van der Waals surface area contributed by atoms with E-state index in [-0.39, 0.29) is 0 Å². The first-order chi connectivity index (χ1) is 30.0. The minimum absolute atomic E-state index is 0.682. The molecule has 0 spiro atoms. The number of para-hydroxylation sites is 3. The van der Waals surface area contributed by atoms with Crippen molar-refractivity contribution in [1.82, 2.24) is 24.5 Å². The molecule has 0 fully saturated rings. The number of hydrogen-bond donors (Lipinski definition) is 0. The summed E-state index contributed by atoms with van der Waals surface area (Å²) in [5.41, 5.74) is 13.9. The van der Waals surface area contributed by atoms with Crippen LogP contribution in [0.5, 0.6) is 0 Å². The van der Waals surface area contributed by atoms with Gasteiger partial charge in [0, 0.05) is 64.2 Å². The van der Waals surface area contributed by atoms with Gasteiger partial charge in [-0.25, -0.2) is 19.9 Å². The largest absolute Gasteiger partial charge is 0.278 e. The van der Waals surface area contributed by atoms with Crippen LogP contribution in [0.4, 0.5) is 0 Å². The third kappa shape index (κ3) is 7.87. The van der Waals surface area contributed by atoms with Crippen molar-refractivity contribution in [3.8, 4) is 39.6 Å². The molecule has 3 heterocycles. The molecule has 0 radical (unpaired) electrons. The van der Waals surface area contributed by atoms with Crippen LogP contribution < -0.4 is 0 Å². The molecule has 61 heavy (non-hydrogen) atoms. The van der Waals surface area contributed by atoms with Crippen LogP contribution >= 0.6 is 54.5 Å². The molecule has 0 bridgehead atoms. The van der Waals surface area contributed by atoms with Crippen molar-refractivity contribution in [2.45, 2.75) is 6.42 Å². The summed E-state index contributed by atoms with van der Waals surface area (Å²) in [5, 5.41) is 4.51. The number of rotatable bonds is 3. The molecule has 0 atom stereocenters. The molecule has 5 nitrogen and oxygen atoms in total. The smallest absolute Gasteiger partial charge is 0.235 e. The summed E-state index contributed by atoms with van der Waals surface area (Å²) in [6, 6.07) is 66.8. The summed E-state index contributed by atoms with van der Waals surface area (Å²) in [6.45, 7) is 0. The first kappa shape index (κ1) is 39.1. The van der Waals surface area contributed by atoms with Crippen molar-refractivity contribution in [3.63, 3.8) is 0 Å². The van der Waals surface area contributed by atoms with Gasteiger partial charge in [-0.15, -0.1) is 0 Å². The molecule has 292 valence electrons.